The summed E-state index contributed by atoms with van der Waals surface area (Å²) in [5, 5.41) is 0.866. The van der Waals surface area contributed by atoms with Gasteiger partial charge in [0, 0.05) is 33.5 Å². The second-order valence-corrected chi connectivity index (χ2v) is 9.70. The molecular formula is C35H25NO3. The van der Waals surface area contributed by atoms with Gasteiger partial charge in [-0.1, -0.05) is 97.1 Å². The number of H-pyrrole nitrogens is 1. The Morgan fingerprint density at radius 1 is 0.795 bits per heavy atom. The van der Waals surface area contributed by atoms with Crippen molar-refractivity contribution in [1.82, 2.24) is 4.98 Å². The number of carbonyl (C=O) groups excluding carboxylic acids is 1. The van der Waals surface area contributed by atoms with Gasteiger partial charge in [-0.2, -0.15) is 0 Å². The first-order chi connectivity index (χ1) is 19.2. The fourth-order valence-corrected chi connectivity index (χ4v) is 5.75. The van der Waals surface area contributed by atoms with E-state index in [-0.39, 0.29) is 11.9 Å². The van der Waals surface area contributed by atoms with Crippen molar-refractivity contribution in [2.24, 2.45) is 0 Å². The van der Waals surface area contributed by atoms with Crippen LogP contribution >= 0.6 is 0 Å². The van der Waals surface area contributed by atoms with Crippen LogP contribution < -0.4 is 0 Å². The molecule has 1 aliphatic rings. The number of hydrogen-bond acceptors (Lipinski definition) is 3. The third-order valence-corrected chi connectivity index (χ3v) is 7.48. The molecule has 1 N–H and O–H groups in total. The van der Waals surface area contributed by atoms with Crippen LogP contribution in [-0.2, 0) is 4.74 Å². The standard InChI is InChI=1S/C35H25NO3/c1-38-35(37)25-18-11-19-28-32(25)33-31(24-16-9-4-10-17-24)27-21-29(23-14-7-3-8-15-23)39-30(27)20-26(34(33)36-28)22-12-5-2-6-13-22/h2-21,31,36H,1H3/t31-/m0/s1. The van der Waals surface area contributed by atoms with Crippen LogP contribution in [0.3, 0.4) is 0 Å². The van der Waals surface area contributed by atoms with E-state index in [0.29, 0.717) is 5.56 Å². The third kappa shape index (κ3) is 3.80. The van der Waals surface area contributed by atoms with E-state index < -0.39 is 0 Å². The van der Waals surface area contributed by atoms with Gasteiger partial charge < -0.3 is 14.1 Å². The Hall–Kier alpha value is -5.09. The molecule has 4 heteroatoms. The molecule has 1 atom stereocenters. The average Bonchev–Trinajstić information content (AvgIpc) is 3.56. The topological polar surface area (TPSA) is 55.2 Å². The van der Waals surface area contributed by atoms with Crippen LogP contribution in [0.25, 0.3) is 33.9 Å². The molecule has 0 saturated heterocycles. The highest BCUT2D eigenvalue weighted by molar-refractivity contribution is 6.09. The molecule has 2 aromatic heterocycles. The molecule has 0 bridgehead atoms. The number of carbonyl (C=O) groups is 1. The zero-order valence-electron chi connectivity index (χ0n) is 21.3. The molecule has 0 unspecified atom stereocenters. The van der Waals surface area contributed by atoms with Crippen LogP contribution in [0.1, 0.15) is 50.0 Å². The van der Waals surface area contributed by atoms with E-state index in [1.807, 2.05) is 60.7 Å². The fourth-order valence-electron chi connectivity index (χ4n) is 5.75. The average molecular weight is 508 g/mol. The van der Waals surface area contributed by atoms with E-state index in [9.17, 15) is 4.79 Å². The third-order valence-electron chi connectivity index (χ3n) is 7.48. The summed E-state index contributed by atoms with van der Waals surface area (Å²) in [5.41, 5.74) is 8.67. The zero-order chi connectivity index (χ0) is 26.3. The van der Waals surface area contributed by atoms with Gasteiger partial charge in [-0.25, -0.2) is 4.79 Å². The Kier molecular flexibility index (Phi) is 5.52. The number of benzene rings is 4. The number of fused-ring (bicyclic) bond motifs is 4. The number of aromatic amines is 1. The summed E-state index contributed by atoms with van der Waals surface area (Å²) in [5.74, 6) is 1.06. The summed E-state index contributed by atoms with van der Waals surface area (Å²) in [7, 11) is 1.43. The minimum atomic E-state index is -0.360. The molecule has 1 aliphatic carbocycles. The minimum absolute atomic E-state index is 0.186. The maximum Gasteiger partial charge on any atom is 0.338 e. The van der Waals surface area contributed by atoms with Gasteiger partial charge in [-0.05, 0) is 41.0 Å². The predicted octanol–water partition coefficient (Wildman–Crippen LogP) is 8.30. The Balaban J connectivity index is 1.61. The van der Waals surface area contributed by atoms with E-state index in [1.54, 1.807) is 0 Å². The Bertz CT molecular complexity index is 1840. The van der Waals surface area contributed by atoms with Crippen LogP contribution in [0.4, 0.5) is 0 Å². The van der Waals surface area contributed by atoms with Crippen molar-refractivity contribution in [3.63, 3.8) is 0 Å². The summed E-state index contributed by atoms with van der Waals surface area (Å²) in [6.45, 7) is 0. The molecule has 0 saturated carbocycles. The highest BCUT2D eigenvalue weighted by Gasteiger charge is 2.34. The second-order valence-electron chi connectivity index (χ2n) is 9.70. The van der Waals surface area contributed by atoms with Gasteiger partial charge in [-0.3, -0.25) is 0 Å². The van der Waals surface area contributed by atoms with Gasteiger partial charge in [0.25, 0.3) is 0 Å². The van der Waals surface area contributed by atoms with E-state index in [1.165, 1.54) is 7.11 Å². The largest absolute Gasteiger partial charge is 0.465 e. The number of methoxy groups -OCH3 is 1. The molecule has 39 heavy (non-hydrogen) atoms. The molecule has 6 aromatic rings. The first-order valence-corrected chi connectivity index (χ1v) is 13.0. The lowest BCUT2D eigenvalue weighted by Crippen LogP contribution is -2.07. The van der Waals surface area contributed by atoms with E-state index in [0.717, 1.165) is 61.5 Å². The molecule has 0 spiro atoms. The van der Waals surface area contributed by atoms with Crippen LogP contribution in [0.15, 0.2) is 120 Å². The fraction of sp³-hybridized carbons (Fsp3) is 0.0571. The maximum atomic E-state index is 13.1. The number of nitrogens with one attached hydrogen (secondary N) is 1. The molecule has 188 valence electrons. The zero-order valence-corrected chi connectivity index (χ0v) is 21.3. The molecule has 4 nitrogen and oxygen atoms in total. The lowest BCUT2D eigenvalue weighted by Gasteiger charge is -2.19. The van der Waals surface area contributed by atoms with Crippen molar-refractivity contribution in [2.45, 2.75) is 5.92 Å². The SMILES string of the molecule is COC(=O)c1cccc2[nH]c3c(c12)[C@@H](c1ccccc1)c1cc(-c2ccccc2)oc1C=C3c1ccccc1. The smallest absolute Gasteiger partial charge is 0.338 e. The van der Waals surface area contributed by atoms with Gasteiger partial charge >= 0.3 is 5.97 Å². The van der Waals surface area contributed by atoms with Crippen molar-refractivity contribution in [1.29, 1.82) is 0 Å². The van der Waals surface area contributed by atoms with Gasteiger partial charge in [-0.15, -0.1) is 0 Å². The monoisotopic (exact) mass is 507 g/mol. The number of esters is 1. The Morgan fingerprint density at radius 3 is 2.15 bits per heavy atom. The number of aromatic nitrogens is 1. The van der Waals surface area contributed by atoms with E-state index >= 15 is 0 Å². The van der Waals surface area contributed by atoms with E-state index in [4.69, 9.17) is 9.15 Å². The predicted molar refractivity (Wildman–Crippen MR) is 155 cm³/mol. The first-order valence-electron chi connectivity index (χ1n) is 13.0. The van der Waals surface area contributed by atoms with Gasteiger partial charge in [0.2, 0.25) is 0 Å². The number of ether oxygens (including phenoxy) is 1. The summed E-state index contributed by atoms with van der Waals surface area (Å²) in [6, 6.07) is 38.8. The molecular weight excluding hydrogens is 482 g/mol. The van der Waals surface area contributed by atoms with Crippen LogP contribution in [0.2, 0.25) is 0 Å². The second kappa shape index (κ2) is 9.34. The highest BCUT2D eigenvalue weighted by Crippen LogP contribution is 2.48. The summed E-state index contributed by atoms with van der Waals surface area (Å²) >= 11 is 0. The molecule has 4 aromatic carbocycles. The molecule has 0 radical (unpaired) electrons. The van der Waals surface area contributed by atoms with Crippen LogP contribution in [0.5, 0.6) is 0 Å². The van der Waals surface area contributed by atoms with Crippen molar-refractivity contribution in [2.75, 3.05) is 7.11 Å². The van der Waals surface area contributed by atoms with Crippen molar-refractivity contribution >= 4 is 28.5 Å². The van der Waals surface area contributed by atoms with Crippen molar-refractivity contribution in [3.05, 3.63) is 155 Å². The molecule has 2 heterocycles. The summed E-state index contributed by atoms with van der Waals surface area (Å²) < 4.78 is 11.8. The van der Waals surface area contributed by atoms with Crippen LogP contribution in [-0.4, -0.2) is 18.1 Å². The van der Waals surface area contributed by atoms with Crippen molar-refractivity contribution in [3.8, 4) is 11.3 Å². The summed E-state index contributed by atoms with van der Waals surface area (Å²) in [6.07, 6.45) is 2.13. The lowest BCUT2D eigenvalue weighted by atomic mass is 9.82. The Morgan fingerprint density at radius 2 is 1.46 bits per heavy atom. The lowest BCUT2D eigenvalue weighted by molar-refractivity contribution is 0.0603. The van der Waals surface area contributed by atoms with E-state index in [2.05, 4.69) is 65.7 Å². The quantitative estimate of drug-likeness (QED) is 0.244. The normalized spacial score (nSPS) is 14.3. The first kappa shape index (κ1) is 23.1. The van der Waals surface area contributed by atoms with Gasteiger partial charge in [0.15, 0.2) is 0 Å². The number of hydrogen-bond donors (Lipinski definition) is 1. The van der Waals surface area contributed by atoms with Crippen molar-refractivity contribution < 1.29 is 13.9 Å². The molecule has 0 amide bonds. The number of rotatable bonds is 4. The molecule has 0 fully saturated rings. The Labute approximate surface area is 226 Å². The highest BCUT2D eigenvalue weighted by atomic mass is 16.5. The molecule has 0 aliphatic heterocycles. The molecule has 7 rings (SSSR count). The van der Waals surface area contributed by atoms with Crippen LogP contribution in [0, 0.1) is 0 Å². The van der Waals surface area contributed by atoms with Gasteiger partial charge in [0.05, 0.1) is 18.4 Å². The minimum Gasteiger partial charge on any atom is -0.465 e. The number of furan rings is 1. The van der Waals surface area contributed by atoms with Gasteiger partial charge in [0.1, 0.15) is 11.5 Å². The summed E-state index contributed by atoms with van der Waals surface area (Å²) in [4.78, 5) is 16.7. The maximum absolute atomic E-state index is 13.1.